The highest BCUT2D eigenvalue weighted by atomic mass is 16.7. The molecule has 12 atom stereocenters. The fourth-order valence-corrected chi connectivity index (χ4v) is 4.93. The minimum Gasteiger partial charge on any atom is -0.466 e. The van der Waals surface area contributed by atoms with Crippen molar-refractivity contribution in [2.75, 3.05) is 26.7 Å². The van der Waals surface area contributed by atoms with Crippen molar-refractivity contribution in [3.8, 4) is 0 Å². The summed E-state index contributed by atoms with van der Waals surface area (Å²) in [5.74, 6) is -0.286. The van der Waals surface area contributed by atoms with Crippen molar-refractivity contribution in [2.45, 2.75) is 92.6 Å². The number of carbonyl (C=O) groups excluding carboxylic acids is 1. The molecule has 1 saturated heterocycles. The van der Waals surface area contributed by atoms with Gasteiger partial charge < -0.3 is 72.9 Å². The second kappa shape index (κ2) is 12.6. The van der Waals surface area contributed by atoms with Gasteiger partial charge in [0.2, 0.25) is 6.29 Å². The molecule has 3 rings (SSSR count). The monoisotopic (exact) mass is 534 g/mol. The quantitative estimate of drug-likeness (QED) is 0.132. The summed E-state index contributed by atoms with van der Waals surface area (Å²) in [7, 11) is 1.59. The number of rotatable bonds is 9. The molecule has 37 heavy (non-hydrogen) atoms. The third-order valence-electron chi connectivity index (χ3n) is 7.04. The Morgan fingerprint density at radius 3 is 2.38 bits per heavy atom. The predicted octanol–water partition coefficient (Wildman–Crippen LogP) is -5.37. The van der Waals surface area contributed by atoms with E-state index in [-0.39, 0.29) is 32.5 Å². The number of nitrogens with one attached hydrogen (secondary N) is 2. The Hall–Kier alpha value is -1.47. The number of nitrogens with two attached hydrogens (primary N) is 4. The van der Waals surface area contributed by atoms with Gasteiger partial charge in [-0.25, -0.2) is 0 Å². The Bertz CT molecular complexity index is 805. The number of hydrogen-bond donors (Lipinski definition) is 10. The topological polar surface area (TPSA) is 263 Å². The molecule has 15 heteroatoms. The highest BCUT2D eigenvalue weighted by molar-refractivity contribution is 5.81. The van der Waals surface area contributed by atoms with E-state index in [4.69, 9.17) is 41.9 Å². The average molecular weight is 535 g/mol. The molecule has 2 fully saturated rings. The van der Waals surface area contributed by atoms with Crippen molar-refractivity contribution in [3.05, 3.63) is 11.8 Å². The van der Waals surface area contributed by atoms with Gasteiger partial charge in [-0.05, 0) is 32.9 Å². The molecule has 2 aliphatic heterocycles. The Morgan fingerprint density at radius 1 is 1.19 bits per heavy atom. The summed E-state index contributed by atoms with van der Waals surface area (Å²) in [5, 5.41) is 47.7. The normalized spacial score (nSPS) is 43.5. The lowest BCUT2D eigenvalue weighted by molar-refractivity contribution is -0.303. The molecule has 0 radical (unpaired) electrons. The number of aliphatic hydroxyl groups excluding tert-OH is 3. The lowest BCUT2D eigenvalue weighted by Gasteiger charge is -2.48. The van der Waals surface area contributed by atoms with Crippen molar-refractivity contribution in [1.82, 2.24) is 10.6 Å². The zero-order valence-electron chi connectivity index (χ0n) is 21.1. The number of aliphatic hydroxyl groups is 4. The highest BCUT2D eigenvalue weighted by Crippen LogP contribution is 2.31. The molecule has 0 aromatic carbocycles. The first kappa shape index (κ1) is 30.1. The molecular weight excluding hydrogens is 492 g/mol. The minimum atomic E-state index is -1.41. The van der Waals surface area contributed by atoms with Crippen LogP contribution in [-0.4, -0.2) is 126 Å². The van der Waals surface area contributed by atoms with Gasteiger partial charge in [0, 0.05) is 18.6 Å². The molecule has 14 N–H and O–H groups in total. The van der Waals surface area contributed by atoms with E-state index in [0.717, 1.165) is 0 Å². The van der Waals surface area contributed by atoms with Crippen LogP contribution in [0.15, 0.2) is 11.8 Å². The van der Waals surface area contributed by atoms with Crippen LogP contribution in [0.4, 0.5) is 0 Å². The van der Waals surface area contributed by atoms with E-state index in [1.807, 2.05) is 0 Å². The van der Waals surface area contributed by atoms with Crippen LogP contribution in [-0.2, 0) is 23.7 Å². The van der Waals surface area contributed by atoms with Crippen LogP contribution in [0.25, 0.3) is 0 Å². The molecule has 15 nitrogen and oxygen atoms in total. The van der Waals surface area contributed by atoms with Gasteiger partial charge in [0.15, 0.2) is 6.29 Å². The second-order valence-electron chi connectivity index (χ2n) is 10.0. The lowest BCUT2D eigenvalue weighted by atomic mass is 9.84. The third kappa shape index (κ3) is 6.76. The fourth-order valence-electron chi connectivity index (χ4n) is 4.93. The van der Waals surface area contributed by atoms with Crippen LogP contribution in [0.1, 0.15) is 19.8 Å². The van der Waals surface area contributed by atoms with Crippen LogP contribution in [0, 0.1) is 0 Å². The molecular formula is C22H42N6O9. The van der Waals surface area contributed by atoms with Gasteiger partial charge in [0.25, 0.3) is 5.91 Å². The molecule has 0 aromatic heterocycles. The van der Waals surface area contributed by atoms with E-state index in [1.54, 1.807) is 13.1 Å². The molecule has 1 unspecified atom stereocenters. The highest BCUT2D eigenvalue weighted by Gasteiger charge is 2.51. The van der Waals surface area contributed by atoms with Gasteiger partial charge in [-0.15, -0.1) is 0 Å². The van der Waals surface area contributed by atoms with Crippen LogP contribution in [0.2, 0.25) is 0 Å². The van der Waals surface area contributed by atoms with Gasteiger partial charge in [-0.3, -0.25) is 4.79 Å². The summed E-state index contributed by atoms with van der Waals surface area (Å²) in [6, 6.07) is -2.95. The van der Waals surface area contributed by atoms with Crippen LogP contribution in [0.3, 0.4) is 0 Å². The number of carbonyl (C=O) groups is 1. The van der Waals surface area contributed by atoms with E-state index in [2.05, 4.69) is 10.6 Å². The fraction of sp³-hybridized carbons (Fsp3) is 0.864. The van der Waals surface area contributed by atoms with Crippen molar-refractivity contribution in [1.29, 1.82) is 0 Å². The second-order valence-corrected chi connectivity index (χ2v) is 10.0. The Morgan fingerprint density at radius 2 is 1.81 bits per heavy atom. The largest absolute Gasteiger partial charge is 0.466 e. The van der Waals surface area contributed by atoms with Crippen molar-refractivity contribution in [3.63, 3.8) is 0 Å². The maximum Gasteiger partial charge on any atom is 0.250 e. The molecule has 214 valence electrons. The van der Waals surface area contributed by atoms with Gasteiger partial charge in [-0.1, -0.05) is 0 Å². The number of amides is 1. The number of likely N-dealkylation sites (N-methyl/N-ethyl adjacent to an activating group) is 1. The summed E-state index contributed by atoms with van der Waals surface area (Å²) in [4.78, 5) is 12.2. The van der Waals surface area contributed by atoms with Gasteiger partial charge in [0.05, 0.1) is 25.2 Å². The average Bonchev–Trinajstić information content (AvgIpc) is 2.85. The Kier molecular flexibility index (Phi) is 10.2. The van der Waals surface area contributed by atoms with E-state index < -0.39 is 78.8 Å². The van der Waals surface area contributed by atoms with Crippen molar-refractivity contribution in [2.24, 2.45) is 22.9 Å². The summed E-state index contributed by atoms with van der Waals surface area (Å²) in [6.45, 7) is 1.21. The van der Waals surface area contributed by atoms with Crippen molar-refractivity contribution >= 4 is 5.91 Å². The molecule has 1 aliphatic carbocycles. The number of ether oxygens (including phenoxy) is 4. The standard InChI is InChI=1S/C22H42N6O9/c1-22(33)8-34-21(15(31)18(22)27-2)37-17-11(26)5-10(25)16(14(17)30)36-20-12(4-3-9(6-23)35-20)28-19(32)13(29)7-24/h3,10-18,20-21,27,29-31,33H,4-8,23-26H2,1-2H3,(H,28,32)/t10-,11+,12+,13-,14-,15+,16?,17-,18+,20+,21+,22-/m0/s1. The molecule has 1 amide bonds. The summed E-state index contributed by atoms with van der Waals surface area (Å²) in [5.41, 5.74) is 22.2. The maximum absolute atomic E-state index is 12.2. The zero-order valence-corrected chi connectivity index (χ0v) is 21.1. The van der Waals surface area contributed by atoms with E-state index >= 15 is 0 Å². The summed E-state index contributed by atoms with van der Waals surface area (Å²) in [6.07, 6.45) is -6.28. The minimum absolute atomic E-state index is 0.0785. The van der Waals surface area contributed by atoms with Crippen LogP contribution in [0.5, 0.6) is 0 Å². The van der Waals surface area contributed by atoms with E-state index in [1.165, 1.54) is 6.92 Å². The number of hydrogen-bond acceptors (Lipinski definition) is 14. The SMILES string of the molecule is CN[C@@H]1[C@@H](O)[C@@H](O[C@H]2[C@H](N)C[C@H](N)C(O[C@H]3OC(CN)=CC[C@H]3NC(=O)[C@@H](O)CN)[C@@H]2O)OC[C@]1(C)O. The van der Waals surface area contributed by atoms with E-state index in [9.17, 15) is 25.2 Å². The van der Waals surface area contributed by atoms with E-state index in [0.29, 0.717) is 5.76 Å². The van der Waals surface area contributed by atoms with Gasteiger partial charge >= 0.3 is 0 Å². The summed E-state index contributed by atoms with van der Waals surface area (Å²) >= 11 is 0. The third-order valence-corrected chi connectivity index (χ3v) is 7.04. The zero-order chi connectivity index (χ0) is 27.5. The predicted molar refractivity (Wildman–Crippen MR) is 129 cm³/mol. The summed E-state index contributed by atoms with van der Waals surface area (Å²) < 4.78 is 23.3. The molecule has 0 aromatic rings. The molecule has 0 bridgehead atoms. The molecule has 1 saturated carbocycles. The first-order chi connectivity index (χ1) is 17.4. The van der Waals surface area contributed by atoms with Crippen molar-refractivity contribution < 1.29 is 44.2 Å². The van der Waals surface area contributed by atoms with Gasteiger partial charge in [0.1, 0.15) is 41.9 Å². The first-order valence-electron chi connectivity index (χ1n) is 12.4. The van der Waals surface area contributed by atoms with Crippen LogP contribution < -0.4 is 33.6 Å². The smallest absolute Gasteiger partial charge is 0.250 e. The van der Waals surface area contributed by atoms with Gasteiger partial charge in [-0.2, -0.15) is 0 Å². The maximum atomic E-state index is 12.2. The first-order valence-corrected chi connectivity index (χ1v) is 12.4. The molecule has 2 heterocycles. The molecule has 0 spiro atoms. The molecule has 3 aliphatic rings. The van der Waals surface area contributed by atoms with Crippen LogP contribution >= 0.6 is 0 Å². The lowest BCUT2D eigenvalue weighted by Crippen LogP contribution is -2.68. The Balaban J connectivity index is 1.74. The Labute approximate surface area is 215 Å².